The molecule has 0 amide bonds. The molecule has 0 saturated carbocycles. The van der Waals surface area contributed by atoms with E-state index >= 15 is 0 Å². The Labute approximate surface area is 122 Å². The highest BCUT2D eigenvalue weighted by molar-refractivity contribution is 7.91. The summed E-state index contributed by atoms with van der Waals surface area (Å²) in [6.45, 7) is 1.93. The van der Waals surface area contributed by atoms with Gasteiger partial charge in [-0.2, -0.15) is 5.26 Å². The zero-order chi connectivity index (χ0) is 14.6. The van der Waals surface area contributed by atoms with Crippen molar-refractivity contribution in [1.29, 1.82) is 5.26 Å². The molecule has 1 aromatic heterocycles. The number of nitrogens with zero attached hydrogens (tertiary/aromatic N) is 1. The van der Waals surface area contributed by atoms with E-state index in [2.05, 4.69) is 4.72 Å². The van der Waals surface area contributed by atoms with E-state index in [0.717, 1.165) is 16.9 Å². The van der Waals surface area contributed by atoms with Crippen LogP contribution < -0.4 is 4.72 Å². The molecular weight excluding hydrogens is 292 g/mol. The largest absolute Gasteiger partial charge is 0.250 e. The average molecular weight is 306 g/mol. The van der Waals surface area contributed by atoms with E-state index in [1.165, 1.54) is 12.1 Å². The lowest BCUT2D eigenvalue weighted by atomic mass is 10.1. The number of nitriles is 1. The fraction of sp³-hybridized carbons (Fsp3) is 0.214. The Bertz CT molecular complexity index is 715. The number of nitrogens with one attached hydrogen (secondary N) is 1. The number of hydrogen-bond acceptors (Lipinski definition) is 4. The molecule has 2 rings (SSSR count). The van der Waals surface area contributed by atoms with Crippen molar-refractivity contribution in [3.05, 3.63) is 52.9 Å². The van der Waals surface area contributed by atoms with Crippen LogP contribution in [0.1, 0.15) is 29.8 Å². The van der Waals surface area contributed by atoms with Crippen molar-refractivity contribution >= 4 is 21.4 Å². The van der Waals surface area contributed by atoms with Crippen LogP contribution in [-0.2, 0) is 10.0 Å². The second kappa shape index (κ2) is 6.18. The molecule has 0 radical (unpaired) electrons. The Morgan fingerprint density at radius 1 is 1.25 bits per heavy atom. The average Bonchev–Trinajstić information content (AvgIpc) is 2.95. The Balaban J connectivity index is 2.25. The minimum absolute atomic E-state index is 0.170. The summed E-state index contributed by atoms with van der Waals surface area (Å²) in [7, 11) is -3.59. The monoisotopic (exact) mass is 306 g/mol. The van der Waals surface area contributed by atoms with Crippen LogP contribution in [0.15, 0.2) is 46.7 Å². The van der Waals surface area contributed by atoms with E-state index in [-0.39, 0.29) is 10.3 Å². The lowest BCUT2D eigenvalue weighted by molar-refractivity contribution is 0.552. The number of sulfonamides is 1. The molecule has 104 valence electrons. The minimum Gasteiger partial charge on any atom is -0.206 e. The second-order valence-corrected chi connectivity index (χ2v) is 7.25. The molecular formula is C14H14N2O2S2. The molecule has 0 spiro atoms. The summed E-state index contributed by atoms with van der Waals surface area (Å²) in [6.07, 6.45) is 0.653. The van der Waals surface area contributed by atoms with Crippen LogP contribution in [0, 0.1) is 11.3 Å². The van der Waals surface area contributed by atoms with Crippen LogP contribution in [0.5, 0.6) is 0 Å². The van der Waals surface area contributed by atoms with Gasteiger partial charge in [0.05, 0.1) is 0 Å². The van der Waals surface area contributed by atoms with Gasteiger partial charge in [0, 0.05) is 6.04 Å². The maximum atomic E-state index is 12.3. The maximum Gasteiger partial charge on any atom is 0.250 e. The summed E-state index contributed by atoms with van der Waals surface area (Å²) in [4.78, 5) is 0.387. The lowest BCUT2D eigenvalue weighted by Crippen LogP contribution is -2.27. The summed E-state index contributed by atoms with van der Waals surface area (Å²) < 4.78 is 27.4. The molecule has 1 aromatic carbocycles. The normalized spacial score (nSPS) is 12.8. The first kappa shape index (κ1) is 14.7. The topological polar surface area (TPSA) is 70.0 Å². The van der Waals surface area contributed by atoms with Crippen LogP contribution in [-0.4, -0.2) is 8.42 Å². The molecule has 0 aliphatic carbocycles. The van der Waals surface area contributed by atoms with E-state index < -0.39 is 10.0 Å². The molecule has 1 N–H and O–H groups in total. The third kappa shape index (κ3) is 3.25. The lowest BCUT2D eigenvalue weighted by Gasteiger charge is -2.16. The highest BCUT2D eigenvalue weighted by Gasteiger charge is 2.21. The summed E-state index contributed by atoms with van der Waals surface area (Å²) in [5, 5.41) is 8.77. The smallest absolute Gasteiger partial charge is 0.206 e. The van der Waals surface area contributed by atoms with Gasteiger partial charge in [-0.25, -0.2) is 13.1 Å². The van der Waals surface area contributed by atoms with Crippen molar-refractivity contribution in [2.24, 2.45) is 0 Å². The van der Waals surface area contributed by atoms with Gasteiger partial charge in [0.2, 0.25) is 0 Å². The molecule has 0 aliphatic rings. The van der Waals surface area contributed by atoms with Gasteiger partial charge in [0.15, 0.2) is 0 Å². The van der Waals surface area contributed by atoms with Crippen molar-refractivity contribution in [3.63, 3.8) is 0 Å². The summed E-state index contributed by atoms with van der Waals surface area (Å²) in [5.41, 5.74) is 0.927. The zero-order valence-corrected chi connectivity index (χ0v) is 12.5. The molecule has 4 nitrogen and oxygen atoms in total. The summed E-state index contributed by atoms with van der Waals surface area (Å²) >= 11 is 0.976. The standard InChI is InChI=1S/C14H14N2O2S2/c1-2-13(11-6-4-3-5-7-11)16-20(17,18)14-9-8-12(10-15)19-14/h3-9,13,16H,2H2,1H3. The molecule has 20 heavy (non-hydrogen) atoms. The van der Waals surface area contributed by atoms with E-state index in [1.807, 2.05) is 43.3 Å². The van der Waals surface area contributed by atoms with Crippen LogP contribution in [0.2, 0.25) is 0 Å². The highest BCUT2D eigenvalue weighted by atomic mass is 32.2. The SMILES string of the molecule is CCC(NS(=O)(=O)c1ccc(C#N)s1)c1ccccc1. The van der Waals surface area contributed by atoms with E-state index in [1.54, 1.807) is 0 Å². The van der Waals surface area contributed by atoms with E-state index in [0.29, 0.717) is 11.3 Å². The second-order valence-electron chi connectivity index (χ2n) is 4.22. The summed E-state index contributed by atoms with van der Waals surface area (Å²) in [6, 6.07) is 14.1. The Hall–Kier alpha value is -1.68. The summed E-state index contributed by atoms with van der Waals surface area (Å²) in [5.74, 6) is 0. The maximum absolute atomic E-state index is 12.3. The molecule has 1 unspecified atom stereocenters. The van der Waals surface area contributed by atoms with Gasteiger partial charge in [-0.1, -0.05) is 37.3 Å². The highest BCUT2D eigenvalue weighted by Crippen LogP contribution is 2.24. The number of rotatable bonds is 5. The van der Waals surface area contributed by atoms with Gasteiger partial charge in [-0.05, 0) is 24.1 Å². The van der Waals surface area contributed by atoms with Crippen LogP contribution in [0.25, 0.3) is 0 Å². The van der Waals surface area contributed by atoms with Crippen molar-refractivity contribution in [2.45, 2.75) is 23.6 Å². The first-order valence-electron chi connectivity index (χ1n) is 6.14. The molecule has 1 heterocycles. The number of hydrogen-bond donors (Lipinski definition) is 1. The van der Waals surface area contributed by atoms with Crippen LogP contribution >= 0.6 is 11.3 Å². The minimum atomic E-state index is -3.59. The molecule has 0 aliphatic heterocycles. The first-order chi connectivity index (χ1) is 9.56. The Kier molecular flexibility index (Phi) is 4.55. The molecule has 2 aromatic rings. The number of thiophene rings is 1. The van der Waals surface area contributed by atoms with E-state index in [4.69, 9.17) is 5.26 Å². The number of benzene rings is 1. The predicted molar refractivity (Wildman–Crippen MR) is 78.8 cm³/mol. The third-order valence-electron chi connectivity index (χ3n) is 2.86. The van der Waals surface area contributed by atoms with Crippen molar-refractivity contribution < 1.29 is 8.42 Å². The Morgan fingerprint density at radius 2 is 1.95 bits per heavy atom. The van der Waals surface area contributed by atoms with Crippen molar-refractivity contribution in [3.8, 4) is 6.07 Å². The van der Waals surface area contributed by atoms with Gasteiger partial charge in [-0.15, -0.1) is 11.3 Å². The van der Waals surface area contributed by atoms with Crippen LogP contribution in [0.4, 0.5) is 0 Å². The van der Waals surface area contributed by atoms with Crippen LogP contribution in [0.3, 0.4) is 0 Å². The van der Waals surface area contributed by atoms with Crippen molar-refractivity contribution in [1.82, 2.24) is 4.72 Å². The molecule has 0 bridgehead atoms. The van der Waals surface area contributed by atoms with E-state index in [9.17, 15) is 8.42 Å². The quantitative estimate of drug-likeness (QED) is 0.923. The van der Waals surface area contributed by atoms with Gasteiger partial charge >= 0.3 is 0 Å². The van der Waals surface area contributed by atoms with Gasteiger partial charge in [-0.3, -0.25) is 0 Å². The molecule has 0 saturated heterocycles. The fourth-order valence-corrected chi connectivity index (χ4v) is 4.27. The zero-order valence-electron chi connectivity index (χ0n) is 10.9. The predicted octanol–water partition coefficient (Wildman–Crippen LogP) is 3.05. The van der Waals surface area contributed by atoms with Crippen molar-refractivity contribution in [2.75, 3.05) is 0 Å². The fourth-order valence-electron chi connectivity index (χ4n) is 1.84. The molecule has 1 atom stereocenters. The first-order valence-corrected chi connectivity index (χ1v) is 8.44. The molecule has 0 fully saturated rings. The van der Waals surface area contributed by atoms with Gasteiger partial charge < -0.3 is 0 Å². The van der Waals surface area contributed by atoms with Gasteiger partial charge in [0.1, 0.15) is 15.2 Å². The Morgan fingerprint density at radius 3 is 2.50 bits per heavy atom. The third-order valence-corrected chi connectivity index (χ3v) is 5.82. The van der Waals surface area contributed by atoms with Gasteiger partial charge in [0.25, 0.3) is 10.0 Å². The molecule has 6 heteroatoms.